The van der Waals surface area contributed by atoms with Crippen LogP contribution in [0.1, 0.15) is 46.5 Å². The molecule has 1 N–H and O–H groups in total. The Morgan fingerprint density at radius 3 is 2.77 bits per heavy atom. The van der Waals surface area contributed by atoms with Crippen LogP contribution in [0.15, 0.2) is 54.7 Å². The molecule has 7 nitrogen and oxygen atoms in total. The molecule has 0 bridgehead atoms. The number of carbonyl (C=O) groups is 2. The summed E-state index contributed by atoms with van der Waals surface area (Å²) in [5.41, 5.74) is 2.35. The second-order valence-electron chi connectivity index (χ2n) is 8.04. The lowest BCUT2D eigenvalue weighted by atomic mass is 10.0. The highest BCUT2D eigenvalue weighted by atomic mass is 16.5. The summed E-state index contributed by atoms with van der Waals surface area (Å²) in [7, 11) is 0. The third-order valence-electron chi connectivity index (χ3n) is 5.22. The first kappa shape index (κ1) is 20.9. The first-order valence-corrected chi connectivity index (χ1v) is 10.5. The van der Waals surface area contributed by atoms with Gasteiger partial charge in [0.15, 0.2) is 0 Å². The number of para-hydroxylation sites is 1. The van der Waals surface area contributed by atoms with Gasteiger partial charge in [-0.2, -0.15) is 0 Å². The van der Waals surface area contributed by atoms with Crippen molar-refractivity contribution in [2.75, 3.05) is 26.2 Å². The van der Waals surface area contributed by atoms with Crippen molar-refractivity contribution in [3.05, 3.63) is 71.7 Å². The molecule has 7 heteroatoms. The van der Waals surface area contributed by atoms with Gasteiger partial charge in [-0.25, -0.2) is 4.98 Å². The maximum absolute atomic E-state index is 12.9. The molecule has 1 atom stereocenters. The van der Waals surface area contributed by atoms with Crippen molar-refractivity contribution in [2.45, 2.75) is 20.0 Å². The molecule has 160 valence electrons. The lowest BCUT2D eigenvalue weighted by Crippen LogP contribution is -2.42. The normalized spacial score (nSPS) is 16.5. The SMILES string of the molecule is CC(C)CNC(=O)c1cc(C2CN(C(=O)c3ccccn3)CCO2)nc2ccccc12. The zero-order valence-electron chi connectivity index (χ0n) is 17.7. The molecule has 0 radical (unpaired) electrons. The summed E-state index contributed by atoms with van der Waals surface area (Å²) in [6.07, 6.45) is 1.20. The number of aromatic nitrogens is 2. The molecule has 0 saturated carbocycles. The van der Waals surface area contributed by atoms with E-state index in [-0.39, 0.29) is 11.8 Å². The average molecular weight is 418 g/mol. The molecule has 31 heavy (non-hydrogen) atoms. The number of morpholine rings is 1. The van der Waals surface area contributed by atoms with Crippen LogP contribution in [0.25, 0.3) is 10.9 Å². The fourth-order valence-electron chi connectivity index (χ4n) is 3.60. The van der Waals surface area contributed by atoms with E-state index in [1.54, 1.807) is 35.4 Å². The lowest BCUT2D eigenvalue weighted by molar-refractivity contribution is -0.0248. The molecule has 1 aliphatic rings. The van der Waals surface area contributed by atoms with Gasteiger partial charge in [0, 0.05) is 24.7 Å². The first-order chi connectivity index (χ1) is 15.0. The molecule has 3 aromatic rings. The highest BCUT2D eigenvalue weighted by molar-refractivity contribution is 6.06. The fourth-order valence-corrected chi connectivity index (χ4v) is 3.60. The number of hydrogen-bond donors (Lipinski definition) is 1. The molecule has 1 unspecified atom stereocenters. The Kier molecular flexibility index (Phi) is 6.23. The van der Waals surface area contributed by atoms with Crippen LogP contribution in [0.2, 0.25) is 0 Å². The number of amides is 2. The number of ether oxygens (including phenoxy) is 1. The first-order valence-electron chi connectivity index (χ1n) is 10.5. The van der Waals surface area contributed by atoms with E-state index >= 15 is 0 Å². The number of hydrogen-bond acceptors (Lipinski definition) is 5. The summed E-state index contributed by atoms with van der Waals surface area (Å²) in [5, 5.41) is 3.78. The Balaban J connectivity index is 1.62. The van der Waals surface area contributed by atoms with Gasteiger partial charge in [-0.15, -0.1) is 0 Å². The van der Waals surface area contributed by atoms with Gasteiger partial charge >= 0.3 is 0 Å². The van der Waals surface area contributed by atoms with Gasteiger partial charge in [-0.3, -0.25) is 14.6 Å². The monoisotopic (exact) mass is 418 g/mol. The summed E-state index contributed by atoms with van der Waals surface area (Å²) in [4.78, 5) is 36.4. The molecule has 1 aromatic carbocycles. The van der Waals surface area contributed by atoms with Gasteiger partial charge in [0.1, 0.15) is 11.8 Å². The third kappa shape index (κ3) is 4.72. The Morgan fingerprint density at radius 2 is 2.00 bits per heavy atom. The molecule has 3 heterocycles. The van der Waals surface area contributed by atoms with Gasteiger partial charge in [0.2, 0.25) is 0 Å². The summed E-state index contributed by atoms with van der Waals surface area (Å²) < 4.78 is 5.95. The summed E-state index contributed by atoms with van der Waals surface area (Å²) in [5.74, 6) is 0.0831. The van der Waals surface area contributed by atoms with Crippen LogP contribution in [0.5, 0.6) is 0 Å². The molecule has 2 amide bonds. The quantitative estimate of drug-likeness (QED) is 0.688. The highest BCUT2D eigenvalue weighted by Crippen LogP contribution is 2.26. The molecular weight excluding hydrogens is 392 g/mol. The fraction of sp³-hybridized carbons (Fsp3) is 0.333. The predicted octanol–water partition coefficient (Wildman–Crippen LogP) is 3.23. The average Bonchev–Trinajstić information content (AvgIpc) is 2.82. The van der Waals surface area contributed by atoms with Crippen molar-refractivity contribution in [2.24, 2.45) is 5.92 Å². The van der Waals surface area contributed by atoms with Crippen LogP contribution in [-0.4, -0.2) is 52.9 Å². The van der Waals surface area contributed by atoms with Crippen molar-refractivity contribution in [3.8, 4) is 0 Å². The van der Waals surface area contributed by atoms with Crippen LogP contribution >= 0.6 is 0 Å². The number of carbonyl (C=O) groups excluding carboxylic acids is 2. The highest BCUT2D eigenvalue weighted by Gasteiger charge is 2.28. The van der Waals surface area contributed by atoms with E-state index in [0.717, 1.165) is 10.9 Å². The van der Waals surface area contributed by atoms with E-state index in [2.05, 4.69) is 24.1 Å². The van der Waals surface area contributed by atoms with Gasteiger partial charge < -0.3 is 15.0 Å². The number of rotatable bonds is 5. The number of nitrogens with zero attached hydrogens (tertiary/aromatic N) is 3. The molecule has 0 spiro atoms. The van der Waals surface area contributed by atoms with Gasteiger partial charge in [-0.1, -0.05) is 38.1 Å². The van der Waals surface area contributed by atoms with Crippen molar-refractivity contribution >= 4 is 22.7 Å². The smallest absolute Gasteiger partial charge is 0.272 e. The summed E-state index contributed by atoms with van der Waals surface area (Å²) in [6, 6.07) is 14.7. The second kappa shape index (κ2) is 9.22. The van der Waals surface area contributed by atoms with E-state index < -0.39 is 6.10 Å². The Morgan fingerprint density at radius 1 is 1.19 bits per heavy atom. The van der Waals surface area contributed by atoms with Crippen molar-refractivity contribution in [3.63, 3.8) is 0 Å². The number of fused-ring (bicyclic) bond motifs is 1. The molecule has 1 aliphatic heterocycles. The molecule has 1 fully saturated rings. The summed E-state index contributed by atoms with van der Waals surface area (Å²) >= 11 is 0. The van der Waals surface area contributed by atoms with Crippen molar-refractivity contribution in [1.82, 2.24) is 20.2 Å². The summed E-state index contributed by atoms with van der Waals surface area (Å²) in [6.45, 7) is 5.94. The number of nitrogens with one attached hydrogen (secondary N) is 1. The topological polar surface area (TPSA) is 84.4 Å². The van der Waals surface area contributed by atoms with Crippen LogP contribution in [0.4, 0.5) is 0 Å². The zero-order chi connectivity index (χ0) is 21.8. The number of benzene rings is 1. The van der Waals surface area contributed by atoms with Gasteiger partial charge in [0.05, 0.1) is 29.9 Å². The third-order valence-corrected chi connectivity index (χ3v) is 5.22. The minimum atomic E-state index is -0.414. The molecule has 0 aliphatic carbocycles. The van der Waals surface area contributed by atoms with E-state index in [0.29, 0.717) is 49.1 Å². The Labute approximate surface area is 181 Å². The van der Waals surface area contributed by atoms with Gasteiger partial charge in [-0.05, 0) is 30.2 Å². The lowest BCUT2D eigenvalue weighted by Gasteiger charge is -2.32. The predicted molar refractivity (Wildman–Crippen MR) is 118 cm³/mol. The zero-order valence-corrected chi connectivity index (χ0v) is 17.7. The largest absolute Gasteiger partial charge is 0.368 e. The molecular formula is C24H26N4O3. The Bertz CT molecular complexity index is 1080. The van der Waals surface area contributed by atoms with Crippen LogP contribution in [-0.2, 0) is 4.74 Å². The molecule has 2 aromatic heterocycles. The van der Waals surface area contributed by atoms with E-state index in [1.165, 1.54) is 0 Å². The van der Waals surface area contributed by atoms with E-state index in [4.69, 9.17) is 9.72 Å². The van der Waals surface area contributed by atoms with Crippen molar-refractivity contribution < 1.29 is 14.3 Å². The second-order valence-corrected chi connectivity index (χ2v) is 8.04. The molecule has 1 saturated heterocycles. The maximum Gasteiger partial charge on any atom is 0.272 e. The minimum Gasteiger partial charge on any atom is -0.368 e. The number of pyridine rings is 2. The van der Waals surface area contributed by atoms with Crippen LogP contribution in [0.3, 0.4) is 0 Å². The Hall–Kier alpha value is -3.32. The van der Waals surface area contributed by atoms with E-state index in [1.807, 2.05) is 24.3 Å². The van der Waals surface area contributed by atoms with Crippen LogP contribution < -0.4 is 5.32 Å². The van der Waals surface area contributed by atoms with Crippen LogP contribution in [0, 0.1) is 5.92 Å². The molecule has 4 rings (SSSR count). The maximum atomic E-state index is 12.9. The van der Waals surface area contributed by atoms with Gasteiger partial charge in [0.25, 0.3) is 11.8 Å². The minimum absolute atomic E-state index is 0.134. The standard InChI is InChI=1S/C24H26N4O3/c1-16(2)14-26-23(29)18-13-21(27-19-8-4-3-7-17(18)19)22-15-28(11-12-31-22)24(30)20-9-5-6-10-25-20/h3-10,13,16,22H,11-12,14-15H2,1-2H3,(H,26,29). The van der Waals surface area contributed by atoms with E-state index in [9.17, 15) is 9.59 Å². The van der Waals surface area contributed by atoms with Crippen molar-refractivity contribution in [1.29, 1.82) is 0 Å².